The molecule has 1 N–H and O–H groups in total. The Morgan fingerprint density at radius 3 is 2.43 bits per heavy atom. The maximum atomic E-state index is 13.9. The van der Waals surface area contributed by atoms with Crippen molar-refractivity contribution in [3.05, 3.63) is 78.3 Å². The number of nitrogens with one attached hydrogen (secondary N) is 1. The Hall–Kier alpha value is -4.14. The number of methoxy groups -OCH3 is 1. The van der Waals surface area contributed by atoms with E-state index in [1.165, 1.54) is 12.4 Å². The standard InChI is InChI=1S/C21H14F2N4O3/c1-29-13-7-5-12(6-8-13)16-10-19(25-11-24-16)26-21(28)18-9-17(27-30-18)20-14(22)3-2-4-15(20)23/h2-11H,1H3,(H,24,25,26,28). The Kier molecular flexibility index (Phi) is 5.17. The second-order valence-corrected chi connectivity index (χ2v) is 6.14. The number of halogens is 2. The minimum absolute atomic E-state index is 0.127. The van der Waals surface area contributed by atoms with Gasteiger partial charge in [0, 0.05) is 17.7 Å². The quantitative estimate of drug-likeness (QED) is 0.528. The molecule has 0 aliphatic rings. The van der Waals surface area contributed by atoms with Gasteiger partial charge >= 0.3 is 0 Å². The van der Waals surface area contributed by atoms with Gasteiger partial charge in [-0.2, -0.15) is 0 Å². The van der Waals surface area contributed by atoms with Crippen molar-refractivity contribution in [2.75, 3.05) is 12.4 Å². The van der Waals surface area contributed by atoms with Crippen LogP contribution in [-0.4, -0.2) is 28.1 Å². The second kappa shape index (κ2) is 8.08. The lowest BCUT2D eigenvalue weighted by Gasteiger charge is -2.05. The summed E-state index contributed by atoms with van der Waals surface area (Å²) in [6, 6.07) is 13.4. The molecule has 0 atom stereocenters. The van der Waals surface area contributed by atoms with Crippen molar-refractivity contribution in [3.63, 3.8) is 0 Å². The van der Waals surface area contributed by atoms with Crippen LogP contribution in [-0.2, 0) is 0 Å². The number of aromatic nitrogens is 3. The molecule has 0 bridgehead atoms. The number of anilines is 1. The number of hydrogen-bond acceptors (Lipinski definition) is 6. The van der Waals surface area contributed by atoms with E-state index in [4.69, 9.17) is 9.26 Å². The smallest absolute Gasteiger partial charge is 0.295 e. The summed E-state index contributed by atoms with van der Waals surface area (Å²) < 4.78 is 37.9. The molecule has 2 heterocycles. The van der Waals surface area contributed by atoms with E-state index in [1.54, 1.807) is 25.3 Å². The van der Waals surface area contributed by atoms with Gasteiger partial charge in [0.15, 0.2) is 0 Å². The molecule has 0 spiro atoms. The fourth-order valence-corrected chi connectivity index (χ4v) is 2.77. The zero-order valence-electron chi connectivity index (χ0n) is 15.6. The summed E-state index contributed by atoms with van der Waals surface area (Å²) in [5.74, 6) is -1.60. The SMILES string of the molecule is COc1ccc(-c2cc(NC(=O)c3cc(-c4c(F)cccc4F)no3)ncn2)cc1. The molecule has 7 nitrogen and oxygen atoms in total. The first-order chi connectivity index (χ1) is 14.5. The van der Waals surface area contributed by atoms with Gasteiger partial charge in [0.05, 0.1) is 18.4 Å². The summed E-state index contributed by atoms with van der Waals surface area (Å²) in [5.41, 5.74) is 0.877. The molecule has 0 saturated heterocycles. The first-order valence-electron chi connectivity index (χ1n) is 8.74. The zero-order chi connectivity index (χ0) is 21.1. The minimum Gasteiger partial charge on any atom is -0.497 e. The predicted molar refractivity (Wildman–Crippen MR) is 104 cm³/mol. The van der Waals surface area contributed by atoms with E-state index >= 15 is 0 Å². The average molecular weight is 408 g/mol. The number of amides is 1. The van der Waals surface area contributed by atoms with Crippen LogP contribution in [0, 0.1) is 11.6 Å². The predicted octanol–water partition coefficient (Wildman–Crippen LogP) is 4.34. The fourth-order valence-electron chi connectivity index (χ4n) is 2.77. The Morgan fingerprint density at radius 1 is 1.00 bits per heavy atom. The lowest BCUT2D eigenvalue weighted by atomic mass is 10.1. The molecule has 0 radical (unpaired) electrons. The number of carbonyl (C=O) groups is 1. The summed E-state index contributed by atoms with van der Waals surface area (Å²) in [5, 5.41) is 6.14. The van der Waals surface area contributed by atoms with Gasteiger partial charge in [-0.25, -0.2) is 18.7 Å². The summed E-state index contributed by atoms with van der Waals surface area (Å²) in [6.07, 6.45) is 1.30. The number of rotatable bonds is 5. The molecule has 0 aliphatic heterocycles. The highest BCUT2D eigenvalue weighted by Crippen LogP contribution is 2.26. The molecule has 1 amide bonds. The van der Waals surface area contributed by atoms with Crippen molar-refractivity contribution >= 4 is 11.7 Å². The van der Waals surface area contributed by atoms with Crippen LogP contribution in [0.2, 0.25) is 0 Å². The third kappa shape index (κ3) is 3.86. The van der Waals surface area contributed by atoms with E-state index in [2.05, 4.69) is 20.4 Å². The summed E-state index contributed by atoms with van der Waals surface area (Å²) >= 11 is 0. The lowest BCUT2D eigenvalue weighted by molar-refractivity contribution is 0.0987. The van der Waals surface area contributed by atoms with Gasteiger partial charge in [0.2, 0.25) is 5.76 Å². The monoisotopic (exact) mass is 408 g/mol. The van der Waals surface area contributed by atoms with Gasteiger partial charge in [-0.05, 0) is 36.4 Å². The molecule has 2 aromatic carbocycles. The maximum Gasteiger partial charge on any atom is 0.295 e. The van der Waals surface area contributed by atoms with Crippen molar-refractivity contribution in [1.29, 1.82) is 0 Å². The highest BCUT2D eigenvalue weighted by atomic mass is 19.1. The topological polar surface area (TPSA) is 90.1 Å². The van der Waals surface area contributed by atoms with Crippen molar-refractivity contribution in [2.45, 2.75) is 0 Å². The van der Waals surface area contributed by atoms with E-state index in [0.717, 1.165) is 23.8 Å². The molecule has 0 unspecified atom stereocenters. The highest BCUT2D eigenvalue weighted by Gasteiger charge is 2.19. The molecule has 30 heavy (non-hydrogen) atoms. The third-order valence-corrected chi connectivity index (χ3v) is 4.25. The van der Waals surface area contributed by atoms with Crippen LogP contribution in [0.3, 0.4) is 0 Å². The van der Waals surface area contributed by atoms with Crippen LogP contribution in [0.25, 0.3) is 22.5 Å². The van der Waals surface area contributed by atoms with Gasteiger partial charge < -0.3 is 14.6 Å². The van der Waals surface area contributed by atoms with Crippen LogP contribution in [0.5, 0.6) is 5.75 Å². The molecule has 4 rings (SSSR count). The molecular weight excluding hydrogens is 394 g/mol. The fraction of sp³-hybridized carbons (Fsp3) is 0.0476. The molecule has 9 heteroatoms. The molecule has 2 aromatic heterocycles. The summed E-state index contributed by atoms with van der Waals surface area (Å²) in [7, 11) is 1.57. The van der Waals surface area contributed by atoms with Crippen molar-refractivity contribution in [2.24, 2.45) is 0 Å². The molecule has 150 valence electrons. The van der Waals surface area contributed by atoms with E-state index in [9.17, 15) is 13.6 Å². The van der Waals surface area contributed by atoms with Gasteiger partial charge in [-0.3, -0.25) is 4.79 Å². The van der Waals surface area contributed by atoms with Gasteiger partial charge in [-0.1, -0.05) is 11.2 Å². The number of benzene rings is 2. The van der Waals surface area contributed by atoms with Gasteiger partial charge in [0.25, 0.3) is 5.91 Å². The zero-order valence-corrected chi connectivity index (χ0v) is 15.6. The largest absolute Gasteiger partial charge is 0.497 e. The van der Waals surface area contributed by atoms with Gasteiger partial charge in [-0.15, -0.1) is 0 Å². The number of nitrogens with zero attached hydrogens (tertiary/aromatic N) is 3. The van der Waals surface area contributed by atoms with E-state index in [-0.39, 0.29) is 22.8 Å². The minimum atomic E-state index is -0.810. The van der Waals surface area contributed by atoms with Crippen LogP contribution < -0.4 is 10.1 Å². The summed E-state index contributed by atoms with van der Waals surface area (Å²) in [6.45, 7) is 0. The van der Waals surface area contributed by atoms with E-state index < -0.39 is 17.5 Å². The molecule has 0 aliphatic carbocycles. The Labute approximate surface area is 169 Å². The van der Waals surface area contributed by atoms with Crippen molar-refractivity contribution in [3.8, 4) is 28.3 Å². The Bertz CT molecular complexity index is 1190. The Balaban J connectivity index is 1.54. The number of ether oxygens (including phenoxy) is 1. The van der Waals surface area contributed by atoms with Crippen molar-refractivity contribution in [1.82, 2.24) is 15.1 Å². The molecular formula is C21H14F2N4O3. The van der Waals surface area contributed by atoms with Crippen molar-refractivity contribution < 1.29 is 22.8 Å². The number of hydrogen-bond donors (Lipinski definition) is 1. The first-order valence-corrected chi connectivity index (χ1v) is 8.74. The maximum absolute atomic E-state index is 13.9. The van der Waals surface area contributed by atoms with Crippen LogP contribution in [0.1, 0.15) is 10.6 Å². The molecule has 0 saturated carbocycles. The second-order valence-electron chi connectivity index (χ2n) is 6.14. The Morgan fingerprint density at radius 2 is 1.73 bits per heavy atom. The molecule has 0 fully saturated rings. The lowest BCUT2D eigenvalue weighted by Crippen LogP contribution is -2.12. The third-order valence-electron chi connectivity index (χ3n) is 4.25. The average Bonchev–Trinajstić information content (AvgIpc) is 3.24. The summed E-state index contributed by atoms with van der Waals surface area (Å²) in [4.78, 5) is 20.6. The van der Waals surface area contributed by atoms with E-state index in [0.29, 0.717) is 11.4 Å². The van der Waals surface area contributed by atoms with Crippen LogP contribution in [0.4, 0.5) is 14.6 Å². The van der Waals surface area contributed by atoms with Gasteiger partial charge in [0.1, 0.15) is 35.2 Å². The normalized spacial score (nSPS) is 10.6. The van der Waals surface area contributed by atoms with E-state index in [1.807, 2.05) is 12.1 Å². The van der Waals surface area contributed by atoms with Crippen LogP contribution in [0.15, 0.2) is 65.4 Å². The van der Waals surface area contributed by atoms with Crippen LogP contribution >= 0.6 is 0 Å². The molecule has 4 aromatic rings. The first kappa shape index (κ1) is 19.2. The number of carbonyl (C=O) groups excluding carboxylic acids is 1. The highest BCUT2D eigenvalue weighted by molar-refractivity contribution is 6.02.